The first-order valence-corrected chi connectivity index (χ1v) is 11.7. The number of aromatic hydroxyl groups is 1. The lowest BCUT2D eigenvalue weighted by atomic mass is 10.0. The molecule has 0 spiro atoms. The maximum Gasteiger partial charge on any atom is 0.357 e. The maximum atomic E-state index is 14.0. The lowest BCUT2D eigenvalue weighted by Crippen LogP contribution is -2.23. The van der Waals surface area contributed by atoms with Crippen LogP contribution < -0.4 is 15.4 Å². The number of halogens is 3. The molecule has 0 unspecified atom stereocenters. The number of carbonyl (C=O) groups excluding carboxylic acids is 2. The molecule has 0 aliphatic carbocycles. The van der Waals surface area contributed by atoms with Crippen LogP contribution >= 0.6 is 11.6 Å². The number of nitrogens with zero attached hydrogens (tertiary/aromatic N) is 1. The number of hydrogen-bond donors (Lipinski definition) is 3. The molecule has 0 aliphatic rings. The first kappa shape index (κ1) is 26.5. The monoisotopic (exact) mass is 541 g/mol. The van der Waals surface area contributed by atoms with E-state index in [2.05, 4.69) is 10.6 Å². The van der Waals surface area contributed by atoms with Crippen LogP contribution in [0.2, 0.25) is 5.15 Å². The van der Waals surface area contributed by atoms with Gasteiger partial charge in [-0.1, -0.05) is 41.9 Å². The van der Waals surface area contributed by atoms with Gasteiger partial charge in [0.05, 0.1) is 19.4 Å². The van der Waals surface area contributed by atoms with Crippen molar-refractivity contribution < 1.29 is 33.0 Å². The molecule has 4 aromatic rings. The van der Waals surface area contributed by atoms with E-state index < -0.39 is 29.3 Å². The minimum Gasteiger partial charge on any atom is -0.504 e. The van der Waals surface area contributed by atoms with Gasteiger partial charge in [0.2, 0.25) is 0 Å². The van der Waals surface area contributed by atoms with E-state index in [9.17, 15) is 23.5 Å². The van der Waals surface area contributed by atoms with Gasteiger partial charge in [-0.15, -0.1) is 0 Å². The molecule has 196 valence electrons. The highest BCUT2D eigenvalue weighted by atomic mass is 35.5. The Morgan fingerprint density at radius 1 is 1.00 bits per heavy atom. The highest BCUT2D eigenvalue weighted by Crippen LogP contribution is 2.38. The molecule has 1 heterocycles. The predicted octanol–water partition coefficient (Wildman–Crippen LogP) is 6.61. The average Bonchev–Trinajstić information content (AvgIpc) is 3.22. The number of benzene rings is 3. The second-order valence-corrected chi connectivity index (χ2v) is 8.25. The summed E-state index contributed by atoms with van der Waals surface area (Å²) in [5.41, 5.74) is 0.827. The molecule has 0 bridgehead atoms. The Labute approximate surface area is 221 Å². The van der Waals surface area contributed by atoms with Crippen molar-refractivity contribution in [1.29, 1.82) is 0 Å². The molecule has 0 saturated carbocycles. The van der Waals surface area contributed by atoms with Crippen LogP contribution in [-0.2, 0) is 4.74 Å². The summed E-state index contributed by atoms with van der Waals surface area (Å²) in [6.45, 7) is 1.66. The number of amides is 2. The molecule has 0 aliphatic heterocycles. The molecule has 8 nitrogen and oxygen atoms in total. The summed E-state index contributed by atoms with van der Waals surface area (Å²) in [5, 5.41) is 15.0. The second-order valence-electron chi connectivity index (χ2n) is 7.86. The van der Waals surface area contributed by atoms with Gasteiger partial charge in [-0.3, -0.25) is 4.57 Å². The van der Waals surface area contributed by atoms with Crippen LogP contribution in [0, 0.1) is 11.6 Å². The van der Waals surface area contributed by atoms with E-state index in [0.717, 1.165) is 18.2 Å². The Balaban J connectivity index is 1.69. The van der Waals surface area contributed by atoms with Gasteiger partial charge in [-0.05, 0) is 42.8 Å². The fraction of sp³-hybridized carbons (Fsp3) is 0.111. The van der Waals surface area contributed by atoms with Gasteiger partial charge in [0.15, 0.2) is 17.2 Å². The maximum absolute atomic E-state index is 14.0. The standard InChI is InChI=1S/C27H22ClF2N3O5/c1-3-38-26(35)24-20(31-27(36)32-23-18(29)7-5-8-19(23)30)14-22(28)33(24)16-12-10-15(11-13-16)17-6-4-9-21(37-2)25(17)34/h4-14,34H,3H2,1-2H3,(H2,31,32,36). The number of aromatic nitrogens is 1. The molecule has 38 heavy (non-hydrogen) atoms. The largest absolute Gasteiger partial charge is 0.504 e. The van der Waals surface area contributed by atoms with Crippen molar-refractivity contribution in [2.24, 2.45) is 0 Å². The number of esters is 1. The molecule has 0 radical (unpaired) electrons. The summed E-state index contributed by atoms with van der Waals surface area (Å²) in [4.78, 5) is 25.5. The van der Waals surface area contributed by atoms with Crippen LogP contribution in [0.1, 0.15) is 17.4 Å². The third-order valence-electron chi connectivity index (χ3n) is 5.53. The number of methoxy groups -OCH3 is 1. The van der Waals surface area contributed by atoms with Crippen LogP contribution in [0.3, 0.4) is 0 Å². The fourth-order valence-electron chi connectivity index (χ4n) is 3.82. The SMILES string of the molecule is CCOC(=O)c1c(NC(=O)Nc2c(F)cccc2F)cc(Cl)n1-c1ccc(-c2cccc(OC)c2O)cc1. The molecule has 0 saturated heterocycles. The number of hydrogen-bond acceptors (Lipinski definition) is 5. The Morgan fingerprint density at radius 3 is 2.29 bits per heavy atom. The summed E-state index contributed by atoms with van der Waals surface area (Å²) in [6, 6.07) is 15.3. The van der Waals surface area contributed by atoms with Gasteiger partial charge in [0.25, 0.3) is 0 Å². The quantitative estimate of drug-likeness (QED) is 0.228. The molecule has 4 rings (SSSR count). The Morgan fingerprint density at radius 2 is 1.66 bits per heavy atom. The van der Waals surface area contributed by atoms with Gasteiger partial charge < -0.3 is 25.2 Å². The van der Waals surface area contributed by atoms with Crippen LogP contribution in [0.4, 0.5) is 25.0 Å². The fourth-order valence-corrected chi connectivity index (χ4v) is 4.11. The highest BCUT2D eigenvalue weighted by Gasteiger charge is 2.25. The van der Waals surface area contributed by atoms with E-state index in [0.29, 0.717) is 22.6 Å². The Bertz CT molecular complexity index is 1490. The molecule has 11 heteroatoms. The number of carbonyl (C=O) groups is 2. The second kappa shape index (κ2) is 11.2. The minimum absolute atomic E-state index is 0.0299. The van der Waals surface area contributed by atoms with E-state index >= 15 is 0 Å². The summed E-state index contributed by atoms with van der Waals surface area (Å²) < 4.78 is 39.6. The zero-order valence-electron chi connectivity index (χ0n) is 20.2. The Kier molecular flexibility index (Phi) is 7.82. The first-order valence-electron chi connectivity index (χ1n) is 11.3. The molecule has 0 fully saturated rings. The van der Waals surface area contributed by atoms with E-state index in [1.54, 1.807) is 49.4 Å². The van der Waals surface area contributed by atoms with Gasteiger partial charge in [-0.2, -0.15) is 0 Å². The molecular weight excluding hydrogens is 520 g/mol. The minimum atomic E-state index is -1.00. The number of para-hydroxylation sites is 2. The van der Waals surface area contributed by atoms with Crippen molar-refractivity contribution >= 4 is 35.0 Å². The van der Waals surface area contributed by atoms with E-state index in [4.69, 9.17) is 21.1 Å². The molecule has 1 aromatic heterocycles. The van der Waals surface area contributed by atoms with Crippen molar-refractivity contribution in [2.75, 3.05) is 24.4 Å². The van der Waals surface area contributed by atoms with Gasteiger partial charge in [0, 0.05) is 17.3 Å². The summed E-state index contributed by atoms with van der Waals surface area (Å²) >= 11 is 6.45. The van der Waals surface area contributed by atoms with Gasteiger partial charge >= 0.3 is 12.0 Å². The van der Waals surface area contributed by atoms with Crippen molar-refractivity contribution in [1.82, 2.24) is 4.57 Å². The number of phenols is 1. The van der Waals surface area contributed by atoms with Gasteiger partial charge in [-0.25, -0.2) is 18.4 Å². The lowest BCUT2D eigenvalue weighted by Gasteiger charge is -2.14. The molecule has 3 aromatic carbocycles. The topological polar surface area (TPSA) is 102 Å². The van der Waals surface area contributed by atoms with E-state index in [1.807, 2.05) is 0 Å². The van der Waals surface area contributed by atoms with Crippen LogP contribution in [0.25, 0.3) is 16.8 Å². The smallest absolute Gasteiger partial charge is 0.357 e. The van der Waals surface area contributed by atoms with Crippen molar-refractivity contribution in [3.05, 3.63) is 89.2 Å². The summed E-state index contributed by atoms with van der Waals surface area (Å²) in [7, 11) is 1.45. The number of ether oxygens (including phenoxy) is 2. The zero-order valence-corrected chi connectivity index (χ0v) is 21.0. The van der Waals surface area contributed by atoms with Crippen molar-refractivity contribution in [2.45, 2.75) is 6.92 Å². The number of nitrogens with one attached hydrogen (secondary N) is 2. The average molecular weight is 542 g/mol. The summed E-state index contributed by atoms with van der Waals surface area (Å²) in [6.07, 6.45) is 0. The molecule has 2 amide bonds. The van der Waals surface area contributed by atoms with Crippen LogP contribution in [0.5, 0.6) is 11.5 Å². The number of rotatable bonds is 7. The molecular formula is C27H22ClF2N3O5. The number of urea groups is 1. The Hall–Kier alpha value is -4.57. The van der Waals surface area contributed by atoms with Crippen LogP contribution in [0.15, 0.2) is 66.7 Å². The van der Waals surface area contributed by atoms with E-state index in [1.165, 1.54) is 17.7 Å². The molecule has 0 atom stereocenters. The van der Waals surface area contributed by atoms with Gasteiger partial charge in [0.1, 0.15) is 22.5 Å². The predicted molar refractivity (Wildman–Crippen MR) is 139 cm³/mol. The summed E-state index contributed by atoms with van der Waals surface area (Å²) in [5.74, 6) is -2.44. The molecule has 3 N–H and O–H groups in total. The first-order chi connectivity index (χ1) is 18.2. The zero-order chi connectivity index (χ0) is 27.4. The van der Waals surface area contributed by atoms with Crippen molar-refractivity contribution in [3.8, 4) is 28.3 Å². The number of phenolic OH excluding ortho intramolecular Hbond substituents is 1. The highest BCUT2D eigenvalue weighted by molar-refractivity contribution is 6.31. The van der Waals surface area contributed by atoms with Crippen molar-refractivity contribution in [3.63, 3.8) is 0 Å². The normalized spacial score (nSPS) is 10.7. The van der Waals surface area contributed by atoms with E-state index in [-0.39, 0.29) is 28.9 Å². The lowest BCUT2D eigenvalue weighted by molar-refractivity contribution is 0.0518. The number of anilines is 2. The third kappa shape index (κ3) is 5.25. The van der Waals surface area contributed by atoms with Crippen LogP contribution in [-0.4, -0.2) is 35.4 Å². The third-order valence-corrected chi connectivity index (χ3v) is 5.81.